The number of halogens is 1. The van der Waals surface area contributed by atoms with Gasteiger partial charge in [0, 0.05) is 34.5 Å². The van der Waals surface area contributed by atoms with Crippen molar-refractivity contribution in [2.24, 2.45) is 0 Å². The topological polar surface area (TPSA) is 61.4 Å². The summed E-state index contributed by atoms with van der Waals surface area (Å²) in [6.45, 7) is 0.954. The van der Waals surface area contributed by atoms with Crippen LogP contribution in [0.3, 0.4) is 0 Å². The molecule has 2 amide bonds. The molecule has 0 radical (unpaired) electrons. The molecule has 124 valence electrons. The number of hydrogen-bond donors (Lipinski definition) is 2. The first-order valence-corrected chi connectivity index (χ1v) is 8.61. The Hall–Kier alpha value is -2.34. The molecule has 0 atom stereocenters. The van der Waals surface area contributed by atoms with Crippen molar-refractivity contribution in [1.82, 2.24) is 0 Å². The van der Waals surface area contributed by atoms with Crippen LogP contribution in [-0.4, -0.2) is 24.9 Å². The summed E-state index contributed by atoms with van der Waals surface area (Å²) in [5.74, 6) is 0.0356. The molecule has 6 heteroatoms. The summed E-state index contributed by atoms with van der Waals surface area (Å²) >= 11 is 3.37. The predicted octanol–water partition coefficient (Wildman–Crippen LogP) is 3.63. The number of benzene rings is 2. The maximum absolute atomic E-state index is 12.0. The van der Waals surface area contributed by atoms with E-state index in [1.165, 1.54) is 0 Å². The normalized spacial score (nSPS) is 13.9. The van der Waals surface area contributed by atoms with Gasteiger partial charge in [-0.05, 0) is 55.0 Å². The standard InChI is InChI=1S/C18H18BrN3O2/c19-13-3-5-14(6-4-13)20-12-17(23)21-15-7-9-16(10-8-15)22-11-1-2-18(22)24/h3-10,20H,1-2,11-12H2,(H,21,23). The fraction of sp³-hybridized carbons (Fsp3) is 0.222. The van der Waals surface area contributed by atoms with Gasteiger partial charge in [0.2, 0.25) is 11.8 Å². The van der Waals surface area contributed by atoms with E-state index < -0.39 is 0 Å². The molecule has 2 N–H and O–H groups in total. The van der Waals surface area contributed by atoms with Crippen molar-refractivity contribution in [3.05, 3.63) is 53.0 Å². The summed E-state index contributed by atoms with van der Waals surface area (Å²) in [7, 11) is 0. The summed E-state index contributed by atoms with van der Waals surface area (Å²) in [4.78, 5) is 25.5. The van der Waals surface area contributed by atoms with Gasteiger partial charge in [0.15, 0.2) is 0 Å². The molecule has 3 rings (SSSR count). The molecule has 2 aromatic carbocycles. The molecule has 0 unspecified atom stereocenters. The monoisotopic (exact) mass is 387 g/mol. The highest BCUT2D eigenvalue weighted by molar-refractivity contribution is 9.10. The molecule has 1 aliphatic heterocycles. The third-order valence-electron chi connectivity index (χ3n) is 3.83. The summed E-state index contributed by atoms with van der Waals surface area (Å²) in [6, 6.07) is 15.0. The molecule has 0 spiro atoms. The van der Waals surface area contributed by atoms with Crippen molar-refractivity contribution >= 4 is 44.8 Å². The Bertz CT molecular complexity index is 729. The van der Waals surface area contributed by atoms with Gasteiger partial charge in [0.25, 0.3) is 0 Å². The van der Waals surface area contributed by atoms with Crippen LogP contribution < -0.4 is 15.5 Å². The van der Waals surface area contributed by atoms with E-state index in [0.717, 1.165) is 28.8 Å². The van der Waals surface area contributed by atoms with Crippen molar-refractivity contribution in [1.29, 1.82) is 0 Å². The van der Waals surface area contributed by atoms with Crippen LogP contribution in [0.4, 0.5) is 17.1 Å². The van der Waals surface area contributed by atoms with E-state index in [2.05, 4.69) is 26.6 Å². The number of hydrogen-bond acceptors (Lipinski definition) is 3. The van der Waals surface area contributed by atoms with Crippen molar-refractivity contribution in [2.75, 3.05) is 28.6 Å². The maximum atomic E-state index is 12.0. The van der Waals surface area contributed by atoms with Crippen LogP contribution in [0.5, 0.6) is 0 Å². The Morgan fingerprint density at radius 2 is 1.71 bits per heavy atom. The third kappa shape index (κ3) is 4.14. The highest BCUT2D eigenvalue weighted by Gasteiger charge is 2.21. The first-order valence-electron chi connectivity index (χ1n) is 7.81. The fourth-order valence-electron chi connectivity index (χ4n) is 2.60. The number of amides is 2. The Morgan fingerprint density at radius 1 is 1.04 bits per heavy atom. The van der Waals surface area contributed by atoms with E-state index in [1.807, 2.05) is 48.5 Å². The molecule has 1 aliphatic rings. The van der Waals surface area contributed by atoms with E-state index in [4.69, 9.17) is 0 Å². The lowest BCUT2D eigenvalue weighted by Gasteiger charge is -2.16. The molecule has 1 fully saturated rings. The average Bonchev–Trinajstić information content (AvgIpc) is 3.01. The van der Waals surface area contributed by atoms with E-state index >= 15 is 0 Å². The number of carbonyl (C=O) groups excluding carboxylic acids is 2. The molecular weight excluding hydrogens is 370 g/mol. The number of nitrogens with zero attached hydrogens (tertiary/aromatic N) is 1. The van der Waals surface area contributed by atoms with Crippen LogP contribution in [0.25, 0.3) is 0 Å². The van der Waals surface area contributed by atoms with Crippen molar-refractivity contribution in [3.63, 3.8) is 0 Å². The number of carbonyl (C=O) groups is 2. The van der Waals surface area contributed by atoms with Gasteiger partial charge in [-0.25, -0.2) is 0 Å². The maximum Gasteiger partial charge on any atom is 0.243 e. The van der Waals surface area contributed by atoms with Crippen LogP contribution in [-0.2, 0) is 9.59 Å². The SMILES string of the molecule is O=C(CNc1ccc(Br)cc1)Nc1ccc(N2CCCC2=O)cc1. The predicted molar refractivity (Wildman–Crippen MR) is 99.3 cm³/mol. The minimum absolute atomic E-state index is 0.122. The highest BCUT2D eigenvalue weighted by Crippen LogP contribution is 2.23. The van der Waals surface area contributed by atoms with Gasteiger partial charge >= 0.3 is 0 Å². The first-order chi connectivity index (χ1) is 11.6. The minimum Gasteiger partial charge on any atom is -0.376 e. The zero-order chi connectivity index (χ0) is 16.9. The van der Waals surface area contributed by atoms with E-state index in [0.29, 0.717) is 12.1 Å². The van der Waals surface area contributed by atoms with E-state index in [1.54, 1.807) is 4.90 Å². The van der Waals surface area contributed by atoms with Crippen LogP contribution >= 0.6 is 15.9 Å². The van der Waals surface area contributed by atoms with Crippen LogP contribution in [0.1, 0.15) is 12.8 Å². The molecule has 0 saturated carbocycles. The van der Waals surface area contributed by atoms with Crippen LogP contribution in [0.2, 0.25) is 0 Å². The molecular formula is C18H18BrN3O2. The Balaban J connectivity index is 1.52. The van der Waals surface area contributed by atoms with Gasteiger partial charge in [-0.1, -0.05) is 15.9 Å². The Kier molecular flexibility index (Phi) is 5.15. The zero-order valence-electron chi connectivity index (χ0n) is 13.1. The zero-order valence-corrected chi connectivity index (χ0v) is 14.7. The molecule has 5 nitrogen and oxygen atoms in total. The molecule has 0 bridgehead atoms. The van der Waals surface area contributed by atoms with E-state index in [9.17, 15) is 9.59 Å². The average molecular weight is 388 g/mol. The molecule has 1 saturated heterocycles. The smallest absolute Gasteiger partial charge is 0.243 e. The van der Waals surface area contributed by atoms with Gasteiger partial charge in [-0.15, -0.1) is 0 Å². The molecule has 0 aromatic heterocycles. The Labute approximate surface area is 149 Å². The fourth-order valence-corrected chi connectivity index (χ4v) is 2.87. The second-order valence-electron chi connectivity index (χ2n) is 5.60. The number of anilines is 3. The molecule has 2 aromatic rings. The van der Waals surface area contributed by atoms with Gasteiger partial charge in [0.1, 0.15) is 0 Å². The number of nitrogens with one attached hydrogen (secondary N) is 2. The van der Waals surface area contributed by atoms with Crippen molar-refractivity contribution in [2.45, 2.75) is 12.8 Å². The number of rotatable bonds is 5. The largest absolute Gasteiger partial charge is 0.376 e. The quantitative estimate of drug-likeness (QED) is 0.823. The van der Waals surface area contributed by atoms with E-state index in [-0.39, 0.29) is 18.4 Å². The van der Waals surface area contributed by atoms with Crippen LogP contribution in [0.15, 0.2) is 53.0 Å². The second kappa shape index (κ2) is 7.49. The summed E-state index contributed by atoms with van der Waals surface area (Å²) in [5, 5.41) is 5.91. The summed E-state index contributed by atoms with van der Waals surface area (Å²) < 4.78 is 0.995. The molecule has 0 aliphatic carbocycles. The van der Waals surface area contributed by atoms with Gasteiger partial charge in [0.05, 0.1) is 6.54 Å². The minimum atomic E-state index is -0.122. The first kappa shape index (κ1) is 16.5. The van der Waals surface area contributed by atoms with Gasteiger partial charge in [-0.2, -0.15) is 0 Å². The lowest BCUT2D eigenvalue weighted by molar-refractivity contribution is -0.117. The highest BCUT2D eigenvalue weighted by atomic mass is 79.9. The lowest BCUT2D eigenvalue weighted by Crippen LogP contribution is -2.24. The summed E-state index contributed by atoms with van der Waals surface area (Å²) in [5.41, 5.74) is 2.48. The molecule has 1 heterocycles. The summed E-state index contributed by atoms with van der Waals surface area (Å²) in [6.07, 6.45) is 1.51. The van der Waals surface area contributed by atoms with Crippen molar-refractivity contribution in [3.8, 4) is 0 Å². The van der Waals surface area contributed by atoms with Crippen molar-refractivity contribution < 1.29 is 9.59 Å². The lowest BCUT2D eigenvalue weighted by atomic mass is 10.2. The van der Waals surface area contributed by atoms with Crippen LogP contribution in [0, 0.1) is 0 Å². The van der Waals surface area contributed by atoms with Gasteiger partial charge in [-0.3, -0.25) is 9.59 Å². The third-order valence-corrected chi connectivity index (χ3v) is 4.36. The Morgan fingerprint density at radius 3 is 2.33 bits per heavy atom. The molecule has 24 heavy (non-hydrogen) atoms. The second-order valence-corrected chi connectivity index (χ2v) is 6.52. The van der Waals surface area contributed by atoms with Gasteiger partial charge < -0.3 is 15.5 Å².